The van der Waals surface area contributed by atoms with E-state index in [9.17, 15) is 14.7 Å². The molecule has 1 aromatic rings. The third-order valence-electron chi connectivity index (χ3n) is 3.72. The molecule has 0 aromatic carbocycles. The maximum absolute atomic E-state index is 11.8. The van der Waals surface area contributed by atoms with Gasteiger partial charge in [0.1, 0.15) is 0 Å². The number of hydrogen-bond donors (Lipinski definition) is 2. The van der Waals surface area contributed by atoms with Crippen molar-refractivity contribution in [2.75, 3.05) is 6.61 Å². The van der Waals surface area contributed by atoms with Crippen molar-refractivity contribution in [1.82, 2.24) is 9.88 Å². The molecule has 1 amide bonds. The number of aryl methyl sites for hydroxylation is 1. The first-order chi connectivity index (χ1) is 9.20. The van der Waals surface area contributed by atoms with E-state index < -0.39 is 0 Å². The van der Waals surface area contributed by atoms with E-state index in [1.54, 1.807) is 18.3 Å². The molecular formula is C14H20N2O3. The number of rotatable bonds is 5. The highest BCUT2D eigenvalue weighted by Crippen LogP contribution is 2.24. The molecule has 0 bridgehead atoms. The number of carbonyl (C=O) groups is 1. The fourth-order valence-corrected chi connectivity index (χ4v) is 2.59. The monoisotopic (exact) mass is 264 g/mol. The van der Waals surface area contributed by atoms with Crippen molar-refractivity contribution in [3.8, 4) is 0 Å². The zero-order valence-electron chi connectivity index (χ0n) is 10.9. The molecule has 2 rings (SSSR count). The van der Waals surface area contributed by atoms with E-state index in [2.05, 4.69) is 5.32 Å². The van der Waals surface area contributed by atoms with Gasteiger partial charge in [0.25, 0.3) is 5.56 Å². The number of aliphatic hydroxyl groups is 1. The van der Waals surface area contributed by atoms with E-state index in [0.29, 0.717) is 13.0 Å². The molecule has 1 saturated carbocycles. The average molecular weight is 264 g/mol. The van der Waals surface area contributed by atoms with E-state index in [4.69, 9.17) is 0 Å². The normalized spacial score (nSPS) is 22.4. The van der Waals surface area contributed by atoms with Gasteiger partial charge in [0.15, 0.2) is 0 Å². The molecule has 5 nitrogen and oxygen atoms in total. The van der Waals surface area contributed by atoms with Gasteiger partial charge in [0, 0.05) is 43.8 Å². The van der Waals surface area contributed by atoms with Crippen molar-refractivity contribution in [2.45, 2.75) is 38.3 Å². The fraction of sp³-hybridized carbons (Fsp3) is 0.571. The van der Waals surface area contributed by atoms with Crippen molar-refractivity contribution in [2.24, 2.45) is 5.92 Å². The zero-order valence-corrected chi connectivity index (χ0v) is 10.9. The molecule has 1 aromatic heterocycles. The van der Waals surface area contributed by atoms with Crippen molar-refractivity contribution in [3.05, 3.63) is 34.7 Å². The first kappa shape index (κ1) is 13.8. The van der Waals surface area contributed by atoms with Gasteiger partial charge in [0.2, 0.25) is 5.91 Å². The lowest BCUT2D eigenvalue weighted by Gasteiger charge is -2.19. The van der Waals surface area contributed by atoms with Crippen LogP contribution in [-0.2, 0) is 11.3 Å². The number of hydrogen-bond acceptors (Lipinski definition) is 3. The molecule has 0 spiro atoms. The SMILES string of the molecule is O=C(CCn1ccccc1=O)NC1CCCC1CO. The number of nitrogens with zero attached hydrogens (tertiary/aromatic N) is 1. The molecule has 2 N–H and O–H groups in total. The van der Waals surface area contributed by atoms with Gasteiger partial charge in [-0.05, 0) is 18.9 Å². The summed E-state index contributed by atoms with van der Waals surface area (Å²) in [6, 6.07) is 5.03. The number of amides is 1. The van der Waals surface area contributed by atoms with Crippen LogP contribution in [0.4, 0.5) is 0 Å². The van der Waals surface area contributed by atoms with Crippen LogP contribution in [-0.4, -0.2) is 28.2 Å². The van der Waals surface area contributed by atoms with E-state index in [1.165, 1.54) is 10.6 Å². The van der Waals surface area contributed by atoms with Gasteiger partial charge in [-0.3, -0.25) is 9.59 Å². The lowest BCUT2D eigenvalue weighted by Crippen LogP contribution is -2.39. The van der Waals surface area contributed by atoms with Crippen LogP contribution in [0.1, 0.15) is 25.7 Å². The first-order valence-corrected chi connectivity index (χ1v) is 6.76. The summed E-state index contributed by atoms with van der Waals surface area (Å²) >= 11 is 0. The van der Waals surface area contributed by atoms with Crippen molar-refractivity contribution in [1.29, 1.82) is 0 Å². The minimum Gasteiger partial charge on any atom is -0.396 e. The van der Waals surface area contributed by atoms with Crippen LogP contribution < -0.4 is 10.9 Å². The number of pyridine rings is 1. The van der Waals surface area contributed by atoms with Gasteiger partial charge in [-0.1, -0.05) is 12.5 Å². The van der Waals surface area contributed by atoms with Gasteiger partial charge in [0.05, 0.1) is 0 Å². The highest BCUT2D eigenvalue weighted by atomic mass is 16.3. The van der Waals surface area contributed by atoms with E-state index >= 15 is 0 Å². The second-order valence-corrected chi connectivity index (χ2v) is 5.03. The lowest BCUT2D eigenvalue weighted by atomic mass is 10.1. The summed E-state index contributed by atoms with van der Waals surface area (Å²) in [5.41, 5.74) is -0.0931. The van der Waals surface area contributed by atoms with Gasteiger partial charge < -0.3 is 15.0 Å². The molecule has 1 heterocycles. The Bertz CT molecular complexity index is 484. The first-order valence-electron chi connectivity index (χ1n) is 6.76. The maximum Gasteiger partial charge on any atom is 0.250 e. The Kier molecular flexibility index (Phi) is 4.74. The van der Waals surface area contributed by atoms with E-state index in [1.807, 2.05) is 0 Å². The molecule has 2 atom stereocenters. The Hall–Kier alpha value is -1.62. The van der Waals surface area contributed by atoms with Crippen molar-refractivity contribution >= 4 is 5.91 Å². The quantitative estimate of drug-likeness (QED) is 0.814. The number of aliphatic hydroxyl groups excluding tert-OH is 1. The van der Waals surface area contributed by atoms with Crippen LogP contribution in [0.3, 0.4) is 0 Å². The summed E-state index contributed by atoms with van der Waals surface area (Å²) in [5, 5.41) is 12.2. The zero-order chi connectivity index (χ0) is 13.7. The molecule has 1 aliphatic rings. The van der Waals surface area contributed by atoms with Crippen molar-refractivity contribution in [3.63, 3.8) is 0 Å². The summed E-state index contributed by atoms with van der Waals surface area (Å²) in [7, 11) is 0. The summed E-state index contributed by atoms with van der Waals surface area (Å²) in [6.45, 7) is 0.519. The minimum absolute atomic E-state index is 0.0545. The largest absolute Gasteiger partial charge is 0.396 e. The summed E-state index contributed by atoms with van der Waals surface area (Å²) in [4.78, 5) is 23.3. The van der Waals surface area contributed by atoms with Crippen LogP contribution >= 0.6 is 0 Å². The third-order valence-corrected chi connectivity index (χ3v) is 3.72. The van der Waals surface area contributed by atoms with Gasteiger partial charge in [-0.25, -0.2) is 0 Å². The summed E-state index contributed by atoms with van der Waals surface area (Å²) < 4.78 is 1.53. The number of nitrogens with one attached hydrogen (secondary N) is 1. The average Bonchev–Trinajstić information content (AvgIpc) is 2.85. The van der Waals surface area contributed by atoms with Crippen LogP contribution in [0.15, 0.2) is 29.2 Å². The standard InChI is InChI=1S/C14H20N2O3/c17-10-11-4-3-5-12(11)15-13(18)7-9-16-8-2-1-6-14(16)19/h1-2,6,8,11-12,17H,3-5,7,9-10H2,(H,15,18). The summed E-state index contributed by atoms with van der Waals surface area (Å²) in [6.07, 6.45) is 4.93. The molecule has 5 heteroatoms. The minimum atomic E-state index is -0.0931. The Morgan fingerprint density at radius 2 is 2.26 bits per heavy atom. The second-order valence-electron chi connectivity index (χ2n) is 5.03. The van der Waals surface area contributed by atoms with Crippen LogP contribution in [0.2, 0.25) is 0 Å². The van der Waals surface area contributed by atoms with Crippen molar-refractivity contribution < 1.29 is 9.90 Å². The molecule has 1 fully saturated rings. The highest BCUT2D eigenvalue weighted by molar-refractivity contribution is 5.76. The van der Waals surface area contributed by atoms with Gasteiger partial charge in [-0.2, -0.15) is 0 Å². The Labute approximate surface area is 112 Å². The fourth-order valence-electron chi connectivity index (χ4n) is 2.59. The highest BCUT2D eigenvalue weighted by Gasteiger charge is 2.27. The topological polar surface area (TPSA) is 71.3 Å². The Morgan fingerprint density at radius 1 is 1.42 bits per heavy atom. The molecule has 19 heavy (non-hydrogen) atoms. The second kappa shape index (κ2) is 6.52. The lowest BCUT2D eigenvalue weighted by molar-refractivity contribution is -0.122. The third kappa shape index (κ3) is 3.67. The summed E-state index contributed by atoms with van der Waals surface area (Å²) in [5.74, 6) is 0.129. The van der Waals surface area contributed by atoms with E-state index in [-0.39, 0.29) is 30.0 Å². The number of carbonyl (C=O) groups excluding carboxylic acids is 1. The molecule has 0 aliphatic heterocycles. The van der Waals surface area contributed by atoms with Crippen LogP contribution in [0.25, 0.3) is 0 Å². The molecule has 1 aliphatic carbocycles. The molecular weight excluding hydrogens is 244 g/mol. The van der Waals surface area contributed by atoms with E-state index in [0.717, 1.165) is 19.3 Å². The molecule has 2 unspecified atom stereocenters. The predicted octanol–water partition coefficient (Wildman–Crippen LogP) is 0.516. The smallest absolute Gasteiger partial charge is 0.250 e. The Morgan fingerprint density at radius 3 is 3.00 bits per heavy atom. The van der Waals surface area contributed by atoms with Crippen LogP contribution in [0.5, 0.6) is 0 Å². The molecule has 104 valence electrons. The maximum atomic E-state index is 11.8. The Balaban J connectivity index is 1.82. The molecule has 0 radical (unpaired) electrons. The van der Waals surface area contributed by atoms with Crippen LogP contribution in [0, 0.1) is 5.92 Å². The van der Waals surface area contributed by atoms with Gasteiger partial charge in [-0.15, -0.1) is 0 Å². The predicted molar refractivity (Wildman–Crippen MR) is 71.7 cm³/mol. The molecule has 0 saturated heterocycles. The van der Waals surface area contributed by atoms with Gasteiger partial charge >= 0.3 is 0 Å². The number of aromatic nitrogens is 1.